The maximum atomic E-state index is 12.8. The minimum Gasteiger partial charge on any atom is -0.483 e. The summed E-state index contributed by atoms with van der Waals surface area (Å²) < 4.78 is 37.4. The first-order chi connectivity index (χ1) is 12.8. The second-order valence-corrected chi connectivity index (χ2v) is 6.67. The Kier molecular flexibility index (Phi) is 6.15. The van der Waals surface area contributed by atoms with Crippen molar-refractivity contribution in [3.63, 3.8) is 0 Å². The smallest absolute Gasteiger partial charge is 0.299 e. The average molecular weight is 454 g/mol. The highest BCUT2D eigenvalue weighted by atomic mass is 35.5. The highest BCUT2D eigenvalue weighted by Crippen LogP contribution is 2.36. The van der Waals surface area contributed by atoms with Crippen molar-refractivity contribution in [2.24, 2.45) is 5.10 Å². The first-order valence-electron chi connectivity index (χ1n) is 7.21. The minimum absolute atomic E-state index is 0.0301. The molecule has 0 saturated heterocycles. The van der Waals surface area contributed by atoms with E-state index in [0.29, 0.717) is 16.5 Å². The predicted octanol–water partition coefficient (Wildman–Crippen LogP) is 5.89. The zero-order chi connectivity index (χ0) is 19.6. The lowest BCUT2D eigenvalue weighted by atomic mass is 10.3. The van der Waals surface area contributed by atoms with Gasteiger partial charge in [-0.25, -0.2) is 13.9 Å². The molecule has 2 aromatic heterocycles. The molecule has 1 aromatic carbocycles. The molecule has 0 aliphatic heterocycles. The quantitative estimate of drug-likeness (QED) is 0.373. The lowest BCUT2D eigenvalue weighted by Crippen LogP contribution is -1.99. The number of alkyl halides is 2. The Hall–Kier alpha value is -1.94. The maximum Gasteiger partial charge on any atom is 0.299 e. The van der Waals surface area contributed by atoms with Gasteiger partial charge in [0.2, 0.25) is 10.6 Å². The highest BCUT2D eigenvalue weighted by Gasteiger charge is 2.16. The van der Waals surface area contributed by atoms with Gasteiger partial charge in [0.25, 0.3) is 6.43 Å². The Balaban J connectivity index is 1.71. The van der Waals surface area contributed by atoms with E-state index in [-0.39, 0.29) is 27.2 Å². The third-order valence-corrected chi connectivity index (χ3v) is 4.22. The highest BCUT2D eigenvalue weighted by molar-refractivity contribution is 7.71. The van der Waals surface area contributed by atoms with Gasteiger partial charge in [0.15, 0.2) is 5.75 Å². The molecule has 0 unspecified atom stereocenters. The van der Waals surface area contributed by atoms with Crippen LogP contribution in [0.5, 0.6) is 5.75 Å². The van der Waals surface area contributed by atoms with Crippen molar-refractivity contribution in [3.05, 3.63) is 61.4 Å². The van der Waals surface area contributed by atoms with Crippen molar-refractivity contribution in [1.82, 2.24) is 14.9 Å². The fourth-order valence-corrected chi connectivity index (χ4v) is 3.14. The number of benzene rings is 1. The molecule has 0 spiro atoms. The van der Waals surface area contributed by atoms with Crippen LogP contribution < -0.4 is 4.74 Å². The molecule has 12 heteroatoms. The molecule has 0 aliphatic rings. The fraction of sp³-hybridized carbons (Fsp3) is 0.133. The van der Waals surface area contributed by atoms with E-state index in [4.69, 9.17) is 56.2 Å². The average Bonchev–Trinajstić information content (AvgIpc) is 3.18. The molecule has 1 N–H and O–H groups in total. The summed E-state index contributed by atoms with van der Waals surface area (Å²) in [5.41, 5.74) is 0. The van der Waals surface area contributed by atoms with Crippen LogP contribution >= 0.6 is 47.0 Å². The summed E-state index contributed by atoms with van der Waals surface area (Å²) in [6, 6.07) is 6.21. The zero-order valence-corrected chi connectivity index (χ0v) is 16.2. The Morgan fingerprint density at radius 1 is 1.30 bits per heavy atom. The molecule has 3 aromatic rings. The molecule has 0 fully saturated rings. The van der Waals surface area contributed by atoms with E-state index in [9.17, 15) is 8.78 Å². The molecule has 0 radical (unpaired) electrons. The molecule has 27 heavy (non-hydrogen) atoms. The van der Waals surface area contributed by atoms with Gasteiger partial charge in [-0.3, -0.25) is 0 Å². The molecular formula is C15H9Cl3F2N4O2S. The van der Waals surface area contributed by atoms with Crippen molar-refractivity contribution in [3.8, 4) is 5.75 Å². The summed E-state index contributed by atoms with van der Waals surface area (Å²) in [5, 5.41) is 10.4. The van der Waals surface area contributed by atoms with Crippen molar-refractivity contribution in [2.45, 2.75) is 13.0 Å². The number of aromatic amines is 1. The van der Waals surface area contributed by atoms with Gasteiger partial charge in [0.05, 0.1) is 16.3 Å². The molecule has 142 valence electrons. The SMILES string of the molecule is FC(F)c1n[nH]c(=S)n1/N=C\c1ccc(COc2c(Cl)cc(Cl)cc2Cl)o1. The summed E-state index contributed by atoms with van der Waals surface area (Å²) in [7, 11) is 0. The van der Waals surface area contributed by atoms with Crippen LogP contribution in [0.15, 0.2) is 33.8 Å². The Morgan fingerprint density at radius 3 is 2.67 bits per heavy atom. The van der Waals surface area contributed by atoms with Gasteiger partial charge in [0, 0.05) is 5.02 Å². The van der Waals surface area contributed by atoms with E-state index in [1.165, 1.54) is 18.3 Å². The Bertz CT molecular complexity index is 1020. The van der Waals surface area contributed by atoms with Gasteiger partial charge in [-0.15, -0.1) is 0 Å². The fourth-order valence-electron chi connectivity index (χ4n) is 2.02. The van der Waals surface area contributed by atoms with Gasteiger partial charge in [-0.05, 0) is 36.5 Å². The van der Waals surface area contributed by atoms with Crippen LogP contribution in [0.1, 0.15) is 23.8 Å². The van der Waals surface area contributed by atoms with Crippen molar-refractivity contribution < 1.29 is 17.9 Å². The lowest BCUT2D eigenvalue weighted by Gasteiger charge is -2.08. The first kappa shape index (κ1) is 19.8. The van der Waals surface area contributed by atoms with Gasteiger partial charge < -0.3 is 9.15 Å². The number of halogens is 5. The van der Waals surface area contributed by atoms with Gasteiger partial charge in [0.1, 0.15) is 18.1 Å². The molecule has 2 heterocycles. The van der Waals surface area contributed by atoms with Gasteiger partial charge in [-0.2, -0.15) is 14.9 Å². The summed E-state index contributed by atoms with van der Waals surface area (Å²) >= 11 is 22.8. The second-order valence-electron chi connectivity index (χ2n) is 5.04. The van der Waals surface area contributed by atoms with Crippen LogP contribution in [0, 0.1) is 4.77 Å². The van der Waals surface area contributed by atoms with Crippen LogP contribution in [0.4, 0.5) is 8.78 Å². The first-order valence-corrected chi connectivity index (χ1v) is 8.75. The van der Waals surface area contributed by atoms with Crippen LogP contribution in [-0.4, -0.2) is 21.1 Å². The van der Waals surface area contributed by atoms with Gasteiger partial charge >= 0.3 is 0 Å². The molecule has 0 atom stereocenters. The summed E-state index contributed by atoms with van der Waals surface area (Å²) in [6.07, 6.45) is -1.60. The number of aromatic nitrogens is 3. The third kappa shape index (κ3) is 4.67. The van der Waals surface area contributed by atoms with Crippen molar-refractivity contribution in [1.29, 1.82) is 0 Å². The van der Waals surface area contributed by atoms with Crippen molar-refractivity contribution in [2.75, 3.05) is 0 Å². The van der Waals surface area contributed by atoms with E-state index in [1.54, 1.807) is 12.1 Å². The van der Waals surface area contributed by atoms with Crippen LogP contribution in [0.2, 0.25) is 15.1 Å². The monoisotopic (exact) mass is 452 g/mol. The number of hydrogen-bond donors (Lipinski definition) is 1. The number of nitrogens with zero attached hydrogens (tertiary/aromatic N) is 3. The van der Waals surface area contributed by atoms with Crippen molar-refractivity contribution >= 4 is 53.2 Å². The minimum atomic E-state index is -2.83. The topological polar surface area (TPSA) is 68.3 Å². The Morgan fingerprint density at radius 2 is 2.00 bits per heavy atom. The van der Waals surface area contributed by atoms with Crippen LogP contribution in [0.25, 0.3) is 0 Å². The third-order valence-electron chi connectivity index (χ3n) is 3.18. The summed E-state index contributed by atoms with van der Waals surface area (Å²) in [5.74, 6) is 0.396. The van der Waals surface area contributed by atoms with Gasteiger partial charge in [-0.1, -0.05) is 34.8 Å². The van der Waals surface area contributed by atoms with E-state index < -0.39 is 12.2 Å². The maximum absolute atomic E-state index is 12.8. The Labute approximate surface area is 171 Å². The number of nitrogens with one attached hydrogen (secondary N) is 1. The van der Waals surface area contributed by atoms with E-state index in [2.05, 4.69) is 15.3 Å². The zero-order valence-electron chi connectivity index (χ0n) is 13.1. The standard InChI is InChI=1S/C15H9Cl3F2N4O2S/c16-7-3-10(17)12(11(18)4-7)25-6-9-2-1-8(26-9)5-21-24-14(13(19)20)22-23-15(24)27/h1-5,13H,6H2,(H,23,27)/b21-5-. The number of rotatable bonds is 6. The molecule has 0 aliphatic carbocycles. The molecule has 0 saturated carbocycles. The van der Waals surface area contributed by atoms with E-state index >= 15 is 0 Å². The number of ether oxygens (including phenoxy) is 1. The van der Waals surface area contributed by atoms with E-state index in [1.807, 2.05) is 0 Å². The molecule has 0 bridgehead atoms. The molecule has 0 amide bonds. The number of H-pyrrole nitrogens is 1. The second kappa shape index (κ2) is 8.39. The summed E-state index contributed by atoms with van der Waals surface area (Å²) in [4.78, 5) is 0. The molecule has 3 rings (SSSR count). The van der Waals surface area contributed by atoms with Crippen LogP contribution in [-0.2, 0) is 6.61 Å². The molecule has 6 nitrogen and oxygen atoms in total. The largest absolute Gasteiger partial charge is 0.483 e. The number of hydrogen-bond acceptors (Lipinski definition) is 5. The van der Waals surface area contributed by atoms with Crippen LogP contribution in [0.3, 0.4) is 0 Å². The summed E-state index contributed by atoms with van der Waals surface area (Å²) in [6.45, 7) is 0.0301. The predicted molar refractivity (Wildman–Crippen MR) is 99.9 cm³/mol. The molecular weight excluding hydrogens is 445 g/mol. The van der Waals surface area contributed by atoms with E-state index in [0.717, 1.165) is 4.68 Å². The lowest BCUT2D eigenvalue weighted by molar-refractivity contribution is 0.136. The normalized spacial score (nSPS) is 11.6. The number of furan rings is 1.